The van der Waals surface area contributed by atoms with E-state index in [-0.39, 0.29) is 22.4 Å². The largest absolute Gasteiger partial charge is 0.497 e. The van der Waals surface area contributed by atoms with Crippen LogP contribution in [0.15, 0.2) is 113 Å². The summed E-state index contributed by atoms with van der Waals surface area (Å²) in [6, 6.07) is 28.1. The first kappa shape index (κ1) is 32.8. The fourth-order valence-electron chi connectivity index (χ4n) is 4.09. The van der Waals surface area contributed by atoms with Crippen molar-refractivity contribution in [3.8, 4) is 17.0 Å². The van der Waals surface area contributed by atoms with Crippen LogP contribution in [0.2, 0.25) is 10.0 Å². The fourth-order valence-corrected chi connectivity index (χ4v) is 5.89. The number of carbonyl (C=O) groups is 3. The van der Waals surface area contributed by atoms with Gasteiger partial charge in [0.25, 0.3) is 11.8 Å². The lowest BCUT2D eigenvalue weighted by Gasteiger charge is -2.12. The summed E-state index contributed by atoms with van der Waals surface area (Å²) in [5.41, 5.74) is 3.01. The number of methoxy groups -OCH3 is 1. The van der Waals surface area contributed by atoms with Gasteiger partial charge in [-0.15, -0.1) is 23.1 Å². The Hall–Kier alpha value is -4.61. The Bertz CT molecular complexity index is 1880. The number of aromatic nitrogens is 1. The number of hydrogen-bond acceptors (Lipinski definition) is 7. The van der Waals surface area contributed by atoms with Crippen LogP contribution in [0.4, 0.5) is 10.8 Å². The number of anilines is 2. The van der Waals surface area contributed by atoms with Crippen molar-refractivity contribution in [3.63, 3.8) is 0 Å². The maximum atomic E-state index is 13.3. The number of rotatable bonds is 11. The lowest BCUT2D eigenvalue weighted by molar-refractivity contribution is -0.114. The second-order valence-corrected chi connectivity index (χ2v) is 12.3. The number of thioether (sulfide) groups is 1. The molecule has 0 saturated carbocycles. The first-order valence-corrected chi connectivity index (χ1v) is 16.4. The standard InChI is InChI=1S/C34H26Cl2N4O4S2/c1-44-25-14-10-21(11-15-25)29-19-46-34(39-29)40-30(41)20-45-26-16-12-24(13-17-26)37-33(43)28(18-23-8-5-9-27(35)31(23)36)38-32(42)22-6-3-2-4-7-22/h2-19H,20H2,1H3,(H,37,43)(H,38,42)(H,39,40,41)/b28-18-. The van der Waals surface area contributed by atoms with Crippen molar-refractivity contribution in [2.24, 2.45) is 0 Å². The number of ether oxygens (including phenoxy) is 1. The first-order valence-electron chi connectivity index (χ1n) is 13.7. The van der Waals surface area contributed by atoms with Crippen LogP contribution in [0.1, 0.15) is 15.9 Å². The van der Waals surface area contributed by atoms with Crippen molar-refractivity contribution in [1.29, 1.82) is 0 Å². The number of amides is 3. The molecule has 5 aromatic rings. The minimum atomic E-state index is -0.558. The molecule has 0 aliphatic carbocycles. The Morgan fingerprint density at radius 3 is 2.35 bits per heavy atom. The van der Waals surface area contributed by atoms with Gasteiger partial charge in [0.1, 0.15) is 11.4 Å². The van der Waals surface area contributed by atoms with E-state index in [1.54, 1.807) is 79.9 Å². The van der Waals surface area contributed by atoms with Crippen LogP contribution in [0, 0.1) is 0 Å². The normalized spacial score (nSPS) is 11.1. The Labute approximate surface area is 283 Å². The molecule has 232 valence electrons. The average molecular weight is 690 g/mol. The third kappa shape index (κ3) is 8.76. The van der Waals surface area contributed by atoms with Gasteiger partial charge in [-0.2, -0.15) is 0 Å². The molecule has 8 nitrogen and oxygen atoms in total. The van der Waals surface area contributed by atoms with Gasteiger partial charge in [0.05, 0.1) is 28.6 Å². The lowest BCUT2D eigenvalue weighted by Crippen LogP contribution is -2.30. The topological polar surface area (TPSA) is 109 Å². The summed E-state index contributed by atoms with van der Waals surface area (Å²) < 4.78 is 5.19. The first-order chi connectivity index (χ1) is 22.3. The van der Waals surface area contributed by atoms with Gasteiger partial charge in [-0.25, -0.2) is 4.98 Å². The number of benzene rings is 4. The van der Waals surface area contributed by atoms with Crippen molar-refractivity contribution in [2.45, 2.75) is 4.90 Å². The highest BCUT2D eigenvalue weighted by Gasteiger charge is 2.17. The van der Waals surface area contributed by atoms with Crippen LogP contribution >= 0.6 is 46.3 Å². The van der Waals surface area contributed by atoms with Crippen LogP contribution in [-0.4, -0.2) is 35.6 Å². The second kappa shape index (κ2) is 15.6. The van der Waals surface area contributed by atoms with Crippen molar-refractivity contribution in [2.75, 3.05) is 23.5 Å². The van der Waals surface area contributed by atoms with E-state index in [4.69, 9.17) is 27.9 Å². The number of nitrogens with zero attached hydrogens (tertiary/aromatic N) is 1. The highest BCUT2D eigenvalue weighted by atomic mass is 35.5. The van der Waals surface area contributed by atoms with E-state index in [1.165, 1.54) is 29.2 Å². The van der Waals surface area contributed by atoms with Gasteiger partial charge in [0.15, 0.2) is 5.13 Å². The third-order valence-electron chi connectivity index (χ3n) is 6.43. The van der Waals surface area contributed by atoms with E-state index in [0.717, 1.165) is 21.9 Å². The van der Waals surface area contributed by atoms with E-state index < -0.39 is 11.8 Å². The molecule has 4 aromatic carbocycles. The molecule has 3 amide bonds. The number of hydrogen-bond donors (Lipinski definition) is 3. The molecule has 0 spiro atoms. The summed E-state index contributed by atoms with van der Waals surface area (Å²) in [5, 5.41) is 11.3. The molecule has 0 atom stereocenters. The van der Waals surface area contributed by atoms with Crippen LogP contribution in [0.25, 0.3) is 17.3 Å². The van der Waals surface area contributed by atoms with Gasteiger partial charge < -0.3 is 20.7 Å². The van der Waals surface area contributed by atoms with Gasteiger partial charge in [0, 0.05) is 27.1 Å². The van der Waals surface area contributed by atoms with Gasteiger partial charge >= 0.3 is 0 Å². The van der Waals surface area contributed by atoms with Crippen molar-refractivity contribution < 1.29 is 19.1 Å². The summed E-state index contributed by atoms with van der Waals surface area (Å²) in [5.74, 6) is -0.283. The highest BCUT2D eigenvalue weighted by molar-refractivity contribution is 8.00. The smallest absolute Gasteiger partial charge is 0.272 e. The zero-order chi connectivity index (χ0) is 32.5. The number of carbonyl (C=O) groups excluding carboxylic acids is 3. The molecule has 3 N–H and O–H groups in total. The molecule has 0 bridgehead atoms. The third-order valence-corrected chi connectivity index (χ3v) is 9.03. The average Bonchev–Trinajstić information content (AvgIpc) is 3.54. The second-order valence-electron chi connectivity index (χ2n) is 9.60. The maximum absolute atomic E-state index is 13.3. The summed E-state index contributed by atoms with van der Waals surface area (Å²) in [6.45, 7) is 0. The molecule has 0 saturated heterocycles. The highest BCUT2D eigenvalue weighted by Crippen LogP contribution is 2.29. The summed E-state index contributed by atoms with van der Waals surface area (Å²) in [4.78, 5) is 44.2. The molecule has 46 heavy (non-hydrogen) atoms. The Morgan fingerprint density at radius 2 is 1.63 bits per heavy atom. The quantitative estimate of drug-likeness (QED) is 0.0952. The molecule has 0 aliphatic heterocycles. The zero-order valence-corrected chi connectivity index (χ0v) is 27.4. The predicted molar refractivity (Wildman–Crippen MR) is 187 cm³/mol. The van der Waals surface area contributed by atoms with Gasteiger partial charge in [0.2, 0.25) is 5.91 Å². The minimum Gasteiger partial charge on any atom is -0.497 e. The monoisotopic (exact) mass is 688 g/mol. The molecule has 0 unspecified atom stereocenters. The summed E-state index contributed by atoms with van der Waals surface area (Å²) >= 11 is 15.2. The predicted octanol–water partition coefficient (Wildman–Crippen LogP) is 8.27. The van der Waals surface area contributed by atoms with Gasteiger partial charge in [-0.1, -0.05) is 53.5 Å². The minimum absolute atomic E-state index is 0.0227. The SMILES string of the molecule is COc1ccc(-c2csc(NC(=O)CSc3ccc(NC(=O)/C(=C/c4cccc(Cl)c4Cl)NC(=O)c4ccccc4)cc3)n2)cc1. The molecule has 0 fully saturated rings. The van der Waals surface area contributed by atoms with E-state index in [0.29, 0.717) is 27.0 Å². The molecule has 0 radical (unpaired) electrons. The van der Waals surface area contributed by atoms with Crippen molar-refractivity contribution >= 4 is 80.9 Å². The van der Waals surface area contributed by atoms with Crippen LogP contribution < -0.4 is 20.7 Å². The molecule has 12 heteroatoms. The maximum Gasteiger partial charge on any atom is 0.272 e. The fraction of sp³-hybridized carbons (Fsp3) is 0.0588. The Balaban J connectivity index is 1.19. The van der Waals surface area contributed by atoms with Crippen molar-refractivity contribution in [1.82, 2.24) is 10.3 Å². The number of nitrogens with one attached hydrogen (secondary N) is 3. The number of thiazole rings is 1. The van der Waals surface area contributed by atoms with E-state index in [2.05, 4.69) is 20.9 Å². The van der Waals surface area contributed by atoms with E-state index in [9.17, 15) is 14.4 Å². The van der Waals surface area contributed by atoms with Gasteiger partial charge in [-0.3, -0.25) is 14.4 Å². The number of halogens is 2. The summed E-state index contributed by atoms with van der Waals surface area (Å²) in [6.07, 6.45) is 1.47. The molecule has 1 heterocycles. The van der Waals surface area contributed by atoms with E-state index >= 15 is 0 Å². The van der Waals surface area contributed by atoms with Crippen LogP contribution in [0.3, 0.4) is 0 Å². The summed E-state index contributed by atoms with van der Waals surface area (Å²) in [7, 11) is 1.61. The molecular weight excluding hydrogens is 663 g/mol. The molecular formula is C34H26Cl2N4O4S2. The molecule has 0 aliphatic rings. The Morgan fingerprint density at radius 1 is 0.891 bits per heavy atom. The van der Waals surface area contributed by atoms with E-state index in [1.807, 2.05) is 29.6 Å². The lowest BCUT2D eigenvalue weighted by atomic mass is 10.1. The van der Waals surface area contributed by atoms with Crippen LogP contribution in [-0.2, 0) is 9.59 Å². The van der Waals surface area contributed by atoms with Crippen molar-refractivity contribution in [3.05, 3.63) is 129 Å². The molecule has 1 aromatic heterocycles. The molecule has 5 rings (SSSR count). The van der Waals surface area contributed by atoms with Crippen LogP contribution in [0.5, 0.6) is 5.75 Å². The zero-order valence-electron chi connectivity index (χ0n) is 24.3. The Kier molecular flexibility index (Phi) is 11.1. The van der Waals surface area contributed by atoms with Gasteiger partial charge in [-0.05, 0) is 78.4 Å².